The highest BCUT2D eigenvalue weighted by Gasteiger charge is 2.45. The van der Waals surface area contributed by atoms with Gasteiger partial charge in [-0.3, -0.25) is 4.79 Å². The Morgan fingerprint density at radius 1 is 1.41 bits per heavy atom. The van der Waals surface area contributed by atoms with E-state index in [1.54, 1.807) is 24.5 Å². The van der Waals surface area contributed by atoms with Crippen LogP contribution in [-0.4, -0.2) is 17.6 Å². The molecular formula is C16H15Cl2NO3. The van der Waals surface area contributed by atoms with Gasteiger partial charge in [-0.25, -0.2) is 0 Å². The molecule has 1 aromatic heterocycles. The molecule has 1 saturated carbocycles. The van der Waals surface area contributed by atoms with Gasteiger partial charge in [0.2, 0.25) is 5.91 Å². The van der Waals surface area contributed by atoms with E-state index >= 15 is 0 Å². The van der Waals surface area contributed by atoms with Crippen molar-refractivity contribution in [2.24, 2.45) is 5.92 Å². The topological polar surface area (TPSA) is 62.5 Å². The van der Waals surface area contributed by atoms with Crippen molar-refractivity contribution in [2.75, 3.05) is 6.54 Å². The third-order valence-electron chi connectivity index (χ3n) is 3.83. The van der Waals surface area contributed by atoms with Crippen molar-refractivity contribution in [2.45, 2.75) is 18.4 Å². The Morgan fingerprint density at radius 2 is 2.23 bits per heavy atom. The van der Waals surface area contributed by atoms with Gasteiger partial charge >= 0.3 is 0 Å². The lowest BCUT2D eigenvalue weighted by molar-refractivity contribution is -0.122. The van der Waals surface area contributed by atoms with Gasteiger partial charge in [0, 0.05) is 34.0 Å². The van der Waals surface area contributed by atoms with Gasteiger partial charge in [-0.2, -0.15) is 0 Å². The minimum Gasteiger partial charge on any atom is -0.469 e. The van der Waals surface area contributed by atoms with Crippen LogP contribution in [0.5, 0.6) is 0 Å². The van der Waals surface area contributed by atoms with Crippen molar-refractivity contribution < 1.29 is 14.3 Å². The standard InChI is InChI=1S/C16H15Cl2NO3/c17-9-3-4-10(13(18)6-9)14(20)8-19-16(21)12-7-11(12)15-2-1-5-22-15/h1-6,11-12,14,20H,7-8H2,(H,19,21). The molecule has 0 bridgehead atoms. The number of amides is 1. The lowest BCUT2D eigenvalue weighted by atomic mass is 10.1. The Kier molecular flexibility index (Phi) is 4.43. The molecule has 3 atom stereocenters. The molecular weight excluding hydrogens is 325 g/mol. The average Bonchev–Trinajstić information content (AvgIpc) is 3.10. The molecule has 116 valence electrons. The van der Waals surface area contributed by atoms with E-state index in [9.17, 15) is 9.90 Å². The quantitative estimate of drug-likeness (QED) is 0.875. The smallest absolute Gasteiger partial charge is 0.223 e. The van der Waals surface area contributed by atoms with E-state index in [2.05, 4.69) is 5.32 Å². The molecule has 3 rings (SSSR count). The van der Waals surface area contributed by atoms with Crippen LogP contribution in [0.15, 0.2) is 41.0 Å². The number of nitrogens with one attached hydrogen (secondary N) is 1. The minimum atomic E-state index is -0.866. The maximum absolute atomic E-state index is 12.1. The number of rotatable bonds is 5. The van der Waals surface area contributed by atoms with Crippen molar-refractivity contribution in [3.63, 3.8) is 0 Å². The fourth-order valence-corrected chi connectivity index (χ4v) is 3.05. The van der Waals surface area contributed by atoms with Crippen LogP contribution in [0.4, 0.5) is 0 Å². The summed E-state index contributed by atoms with van der Waals surface area (Å²) < 4.78 is 5.30. The number of hydrogen-bond donors (Lipinski definition) is 2. The van der Waals surface area contributed by atoms with E-state index in [0.29, 0.717) is 15.6 Å². The summed E-state index contributed by atoms with van der Waals surface area (Å²) in [6, 6.07) is 8.57. The first-order valence-electron chi connectivity index (χ1n) is 7.00. The number of aliphatic hydroxyl groups is 1. The van der Waals surface area contributed by atoms with Gasteiger partial charge in [-0.15, -0.1) is 0 Å². The van der Waals surface area contributed by atoms with E-state index in [4.69, 9.17) is 27.6 Å². The molecule has 0 radical (unpaired) electrons. The molecule has 2 N–H and O–H groups in total. The SMILES string of the molecule is O=C(NCC(O)c1ccc(Cl)cc1Cl)C1CC1c1ccco1. The summed E-state index contributed by atoms with van der Waals surface area (Å²) in [5.74, 6) is 0.817. The van der Waals surface area contributed by atoms with Gasteiger partial charge in [0.15, 0.2) is 0 Å². The molecule has 2 aromatic rings. The Bertz CT molecular complexity index is 672. The molecule has 22 heavy (non-hydrogen) atoms. The molecule has 1 heterocycles. The van der Waals surface area contributed by atoms with E-state index in [-0.39, 0.29) is 24.3 Å². The summed E-state index contributed by atoms with van der Waals surface area (Å²) in [4.78, 5) is 12.1. The number of aliphatic hydroxyl groups excluding tert-OH is 1. The number of hydrogen-bond acceptors (Lipinski definition) is 3. The molecule has 6 heteroatoms. The zero-order chi connectivity index (χ0) is 15.7. The summed E-state index contributed by atoms with van der Waals surface area (Å²) in [6.07, 6.45) is 1.51. The van der Waals surface area contributed by atoms with Crippen LogP contribution in [-0.2, 0) is 4.79 Å². The molecule has 0 saturated heterocycles. The molecule has 3 unspecified atom stereocenters. The highest BCUT2D eigenvalue weighted by molar-refractivity contribution is 6.35. The molecule has 1 aromatic carbocycles. The number of benzene rings is 1. The van der Waals surface area contributed by atoms with E-state index < -0.39 is 6.10 Å². The fourth-order valence-electron chi connectivity index (χ4n) is 2.51. The molecule has 1 aliphatic rings. The van der Waals surface area contributed by atoms with Gasteiger partial charge < -0.3 is 14.8 Å². The second-order valence-corrected chi connectivity index (χ2v) is 6.23. The Labute approximate surface area is 138 Å². The third kappa shape index (κ3) is 3.29. The van der Waals surface area contributed by atoms with Crippen molar-refractivity contribution in [3.8, 4) is 0 Å². The van der Waals surface area contributed by atoms with Gasteiger partial charge in [-0.05, 0) is 30.7 Å². The van der Waals surface area contributed by atoms with Crippen LogP contribution in [0.2, 0.25) is 10.0 Å². The number of halogens is 2. The van der Waals surface area contributed by atoms with Crippen LogP contribution in [0.25, 0.3) is 0 Å². The highest BCUT2D eigenvalue weighted by atomic mass is 35.5. The summed E-state index contributed by atoms with van der Waals surface area (Å²) in [6.45, 7) is 0.113. The number of furan rings is 1. The monoisotopic (exact) mass is 339 g/mol. The lowest BCUT2D eigenvalue weighted by Gasteiger charge is -2.14. The predicted molar refractivity (Wildman–Crippen MR) is 84.0 cm³/mol. The highest BCUT2D eigenvalue weighted by Crippen LogP contribution is 2.47. The Morgan fingerprint density at radius 3 is 2.91 bits per heavy atom. The first-order chi connectivity index (χ1) is 10.6. The van der Waals surface area contributed by atoms with Gasteiger partial charge in [0.25, 0.3) is 0 Å². The maximum atomic E-state index is 12.1. The summed E-state index contributed by atoms with van der Waals surface area (Å²) in [5.41, 5.74) is 0.546. The maximum Gasteiger partial charge on any atom is 0.223 e. The first kappa shape index (κ1) is 15.4. The van der Waals surface area contributed by atoms with E-state index in [1.807, 2.05) is 12.1 Å². The van der Waals surface area contributed by atoms with Crippen LogP contribution < -0.4 is 5.32 Å². The van der Waals surface area contributed by atoms with Crippen LogP contribution in [0, 0.1) is 5.92 Å². The largest absolute Gasteiger partial charge is 0.469 e. The lowest BCUT2D eigenvalue weighted by Crippen LogP contribution is -2.30. The van der Waals surface area contributed by atoms with Crippen LogP contribution in [0.3, 0.4) is 0 Å². The summed E-state index contributed by atoms with van der Waals surface area (Å²) in [5, 5.41) is 13.8. The Hall–Kier alpha value is -1.49. The second kappa shape index (κ2) is 6.32. The molecule has 0 spiro atoms. The normalized spacial score (nSPS) is 21.4. The predicted octanol–water partition coefficient (Wildman–Crippen LogP) is 3.54. The molecule has 1 aliphatic carbocycles. The van der Waals surface area contributed by atoms with Crippen LogP contribution in [0.1, 0.15) is 29.8 Å². The molecule has 0 aliphatic heterocycles. The third-order valence-corrected chi connectivity index (χ3v) is 4.39. The zero-order valence-electron chi connectivity index (χ0n) is 11.6. The molecule has 1 amide bonds. The van der Waals surface area contributed by atoms with Gasteiger partial charge in [-0.1, -0.05) is 29.3 Å². The van der Waals surface area contributed by atoms with Gasteiger partial charge in [0.1, 0.15) is 5.76 Å². The van der Waals surface area contributed by atoms with Crippen molar-refractivity contribution in [3.05, 3.63) is 58.0 Å². The van der Waals surface area contributed by atoms with Crippen LogP contribution >= 0.6 is 23.2 Å². The number of carbonyl (C=O) groups excluding carboxylic acids is 1. The average molecular weight is 340 g/mol. The summed E-state index contributed by atoms with van der Waals surface area (Å²) >= 11 is 11.9. The van der Waals surface area contributed by atoms with Crippen molar-refractivity contribution in [1.29, 1.82) is 0 Å². The van der Waals surface area contributed by atoms with Gasteiger partial charge in [0.05, 0.1) is 12.4 Å². The fraction of sp³-hybridized carbons (Fsp3) is 0.312. The molecule has 4 nitrogen and oxygen atoms in total. The van der Waals surface area contributed by atoms with E-state index in [1.165, 1.54) is 0 Å². The Balaban J connectivity index is 1.53. The molecule has 1 fully saturated rings. The number of carbonyl (C=O) groups is 1. The first-order valence-corrected chi connectivity index (χ1v) is 7.76. The van der Waals surface area contributed by atoms with E-state index in [0.717, 1.165) is 12.2 Å². The second-order valence-electron chi connectivity index (χ2n) is 5.39. The summed E-state index contributed by atoms with van der Waals surface area (Å²) in [7, 11) is 0. The van der Waals surface area contributed by atoms with Crippen molar-refractivity contribution >= 4 is 29.1 Å². The van der Waals surface area contributed by atoms with Crippen molar-refractivity contribution in [1.82, 2.24) is 5.32 Å². The zero-order valence-corrected chi connectivity index (χ0v) is 13.1. The minimum absolute atomic E-state index is 0.0782.